The zero-order valence-corrected chi connectivity index (χ0v) is 9.20. The highest BCUT2D eigenvalue weighted by molar-refractivity contribution is 6.04. The van der Waals surface area contributed by atoms with Crippen molar-refractivity contribution >= 4 is 11.5 Å². The standard InChI is InChI=1S/C11H16N2O2/c1-7-4-5-10(12)9(6-7)11(14)8(2)13-15-3/h4-6,8,13H,12H2,1-3H3. The van der Waals surface area contributed by atoms with Crippen molar-refractivity contribution in [2.75, 3.05) is 12.8 Å². The quantitative estimate of drug-likeness (QED) is 0.444. The molecule has 0 bridgehead atoms. The summed E-state index contributed by atoms with van der Waals surface area (Å²) in [5, 5.41) is 0. The molecule has 0 amide bonds. The van der Waals surface area contributed by atoms with Gasteiger partial charge in [-0.25, -0.2) is 0 Å². The van der Waals surface area contributed by atoms with Gasteiger partial charge in [-0.15, -0.1) is 0 Å². The predicted octanol–water partition coefficient (Wildman–Crippen LogP) is 1.30. The molecule has 0 saturated heterocycles. The number of hydroxylamine groups is 1. The predicted molar refractivity (Wildman–Crippen MR) is 59.5 cm³/mol. The fourth-order valence-corrected chi connectivity index (χ4v) is 1.35. The number of benzene rings is 1. The SMILES string of the molecule is CONC(C)C(=O)c1cc(C)ccc1N. The van der Waals surface area contributed by atoms with Crippen molar-refractivity contribution < 1.29 is 9.63 Å². The van der Waals surface area contributed by atoms with E-state index in [-0.39, 0.29) is 5.78 Å². The van der Waals surface area contributed by atoms with Crippen LogP contribution >= 0.6 is 0 Å². The van der Waals surface area contributed by atoms with Crippen LogP contribution in [0, 0.1) is 6.92 Å². The van der Waals surface area contributed by atoms with Gasteiger partial charge in [0.25, 0.3) is 0 Å². The van der Waals surface area contributed by atoms with E-state index in [9.17, 15) is 4.79 Å². The molecule has 0 aliphatic rings. The summed E-state index contributed by atoms with van der Waals surface area (Å²) >= 11 is 0. The molecule has 0 aliphatic heterocycles. The number of Topliss-reactive ketones (excluding diaryl/α,β-unsaturated/α-hetero) is 1. The number of hydrogen-bond acceptors (Lipinski definition) is 4. The third-order valence-corrected chi connectivity index (χ3v) is 2.16. The molecule has 0 fully saturated rings. The second-order valence-electron chi connectivity index (χ2n) is 3.50. The summed E-state index contributed by atoms with van der Waals surface area (Å²) < 4.78 is 0. The molecule has 1 aromatic carbocycles. The van der Waals surface area contributed by atoms with Crippen LogP contribution in [0.4, 0.5) is 5.69 Å². The Morgan fingerprint density at radius 3 is 2.80 bits per heavy atom. The van der Waals surface area contributed by atoms with Gasteiger partial charge in [0.2, 0.25) is 0 Å². The maximum atomic E-state index is 11.9. The van der Waals surface area contributed by atoms with E-state index in [1.54, 1.807) is 19.1 Å². The summed E-state index contributed by atoms with van der Waals surface area (Å²) in [7, 11) is 1.48. The van der Waals surface area contributed by atoms with Gasteiger partial charge in [0.05, 0.1) is 13.2 Å². The molecule has 0 radical (unpaired) electrons. The number of hydrogen-bond donors (Lipinski definition) is 2. The zero-order chi connectivity index (χ0) is 11.4. The third kappa shape index (κ3) is 2.78. The van der Waals surface area contributed by atoms with Gasteiger partial charge in [0.15, 0.2) is 5.78 Å². The van der Waals surface area contributed by atoms with Crippen LogP contribution in [0.25, 0.3) is 0 Å². The molecule has 0 saturated carbocycles. The normalized spacial score (nSPS) is 12.5. The largest absolute Gasteiger partial charge is 0.398 e. The molecule has 1 aromatic rings. The van der Waals surface area contributed by atoms with Crippen molar-refractivity contribution in [3.8, 4) is 0 Å². The van der Waals surface area contributed by atoms with Crippen LogP contribution in [-0.4, -0.2) is 18.9 Å². The monoisotopic (exact) mass is 208 g/mol. The molecule has 0 aromatic heterocycles. The Morgan fingerprint density at radius 1 is 1.53 bits per heavy atom. The number of nitrogens with two attached hydrogens (primary N) is 1. The van der Waals surface area contributed by atoms with Crippen molar-refractivity contribution in [1.82, 2.24) is 5.48 Å². The van der Waals surface area contributed by atoms with Crippen molar-refractivity contribution in [1.29, 1.82) is 0 Å². The molecule has 3 N–H and O–H groups in total. The molecule has 15 heavy (non-hydrogen) atoms. The lowest BCUT2D eigenvalue weighted by Crippen LogP contribution is -2.33. The summed E-state index contributed by atoms with van der Waals surface area (Å²) in [4.78, 5) is 16.6. The highest BCUT2D eigenvalue weighted by Crippen LogP contribution is 2.15. The number of aryl methyl sites for hydroxylation is 1. The van der Waals surface area contributed by atoms with Gasteiger partial charge in [-0.2, -0.15) is 5.48 Å². The number of nitrogen functional groups attached to an aromatic ring is 1. The number of anilines is 1. The van der Waals surface area contributed by atoms with E-state index in [2.05, 4.69) is 5.48 Å². The lowest BCUT2D eigenvalue weighted by Gasteiger charge is -2.12. The van der Waals surface area contributed by atoms with E-state index in [1.165, 1.54) is 7.11 Å². The van der Waals surface area contributed by atoms with Crippen molar-refractivity contribution in [2.24, 2.45) is 0 Å². The third-order valence-electron chi connectivity index (χ3n) is 2.16. The van der Waals surface area contributed by atoms with E-state index < -0.39 is 6.04 Å². The highest BCUT2D eigenvalue weighted by Gasteiger charge is 2.17. The van der Waals surface area contributed by atoms with Gasteiger partial charge in [0.1, 0.15) is 0 Å². The molecule has 0 aliphatic carbocycles. The molecular weight excluding hydrogens is 192 g/mol. The van der Waals surface area contributed by atoms with Gasteiger partial charge in [-0.05, 0) is 26.0 Å². The molecule has 0 spiro atoms. The van der Waals surface area contributed by atoms with Crippen LogP contribution in [0.5, 0.6) is 0 Å². The van der Waals surface area contributed by atoms with Crippen molar-refractivity contribution in [2.45, 2.75) is 19.9 Å². The van der Waals surface area contributed by atoms with Crippen LogP contribution in [0.3, 0.4) is 0 Å². The minimum Gasteiger partial charge on any atom is -0.398 e. The summed E-state index contributed by atoms with van der Waals surface area (Å²) in [5.74, 6) is -0.0712. The average Bonchev–Trinajstić information content (AvgIpc) is 2.21. The van der Waals surface area contributed by atoms with Gasteiger partial charge >= 0.3 is 0 Å². The highest BCUT2D eigenvalue weighted by atomic mass is 16.6. The van der Waals surface area contributed by atoms with Crippen LogP contribution in [0.1, 0.15) is 22.8 Å². The minimum absolute atomic E-state index is 0.0712. The molecule has 0 heterocycles. The second kappa shape index (κ2) is 4.91. The van der Waals surface area contributed by atoms with Crippen LogP contribution < -0.4 is 11.2 Å². The topological polar surface area (TPSA) is 64.3 Å². The van der Waals surface area contributed by atoms with Gasteiger partial charge < -0.3 is 10.6 Å². The lowest BCUT2D eigenvalue weighted by molar-refractivity contribution is 0.0549. The first kappa shape index (κ1) is 11.7. The van der Waals surface area contributed by atoms with Gasteiger partial charge in [-0.1, -0.05) is 11.6 Å². The Kier molecular flexibility index (Phi) is 3.82. The Morgan fingerprint density at radius 2 is 2.20 bits per heavy atom. The smallest absolute Gasteiger partial charge is 0.183 e. The van der Waals surface area contributed by atoms with Gasteiger partial charge in [0, 0.05) is 11.3 Å². The maximum Gasteiger partial charge on any atom is 0.183 e. The fraction of sp³-hybridized carbons (Fsp3) is 0.364. The van der Waals surface area contributed by atoms with E-state index in [0.717, 1.165) is 5.56 Å². The number of carbonyl (C=O) groups excluding carboxylic acids is 1. The maximum absolute atomic E-state index is 11.9. The number of carbonyl (C=O) groups is 1. The average molecular weight is 208 g/mol. The lowest BCUT2D eigenvalue weighted by atomic mass is 10.0. The zero-order valence-electron chi connectivity index (χ0n) is 9.20. The molecule has 1 unspecified atom stereocenters. The van der Waals surface area contributed by atoms with Crippen LogP contribution in [-0.2, 0) is 4.84 Å². The van der Waals surface area contributed by atoms with Crippen molar-refractivity contribution in [3.05, 3.63) is 29.3 Å². The van der Waals surface area contributed by atoms with E-state index >= 15 is 0 Å². The summed E-state index contributed by atoms with van der Waals surface area (Å²) in [6.45, 7) is 3.65. The molecule has 1 atom stereocenters. The minimum atomic E-state index is -0.404. The van der Waals surface area contributed by atoms with Crippen molar-refractivity contribution in [3.63, 3.8) is 0 Å². The molecule has 4 nitrogen and oxygen atoms in total. The van der Waals surface area contributed by atoms with Crippen LogP contribution in [0.2, 0.25) is 0 Å². The number of nitrogens with one attached hydrogen (secondary N) is 1. The summed E-state index contributed by atoms with van der Waals surface area (Å²) in [6, 6.07) is 4.99. The van der Waals surface area contributed by atoms with E-state index in [0.29, 0.717) is 11.3 Å². The van der Waals surface area contributed by atoms with E-state index in [4.69, 9.17) is 10.6 Å². The van der Waals surface area contributed by atoms with E-state index in [1.807, 2.05) is 13.0 Å². The first-order valence-electron chi connectivity index (χ1n) is 4.75. The molecule has 82 valence electrons. The number of rotatable bonds is 4. The Hall–Kier alpha value is -1.39. The first-order valence-corrected chi connectivity index (χ1v) is 4.75. The first-order chi connectivity index (χ1) is 7.06. The molecule has 4 heteroatoms. The van der Waals surface area contributed by atoms with Gasteiger partial charge in [-0.3, -0.25) is 4.79 Å². The Labute approximate surface area is 89.4 Å². The molecule has 1 rings (SSSR count). The molecular formula is C11H16N2O2. The fourth-order valence-electron chi connectivity index (χ4n) is 1.35. The Bertz CT molecular complexity index is 364. The second-order valence-corrected chi connectivity index (χ2v) is 3.50. The van der Waals surface area contributed by atoms with Crippen LogP contribution in [0.15, 0.2) is 18.2 Å². The summed E-state index contributed by atoms with van der Waals surface area (Å²) in [6.07, 6.45) is 0. The summed E-state index contributed by atoms with van der Waals surface area (Å²) in [5.41, 5.74) is 10.4. The number of ketones is 1. The Balaban J connectivity index is 2.95.